The lowest BCUT2D eigenvalue weighted by Crippen LogP contribution is -2.52. The maximum atomic E-state index is 12.7. The van der Waals surface area contributed by atoms with Gasteiger partial charge in [-0.3, -0.25) is 14.4 Å². The maximum absolute atomic E-state index is 12.7. The number of anilines is 1. The van der Waals surface area contributed by atoms with Gasteiger partial charge in [0.15, 0.2) is 0 Å². The van der Waals surface area contributed by atoms with Crippen LogP contribution in [0.4, 0.5) is 5.69 Å². The van der Waals surface area contributed by atoms with Gasteiger partial charge in [0.1, 0.15) is 11.2 Å². The third kappa shape index (κ3) is 3.06. The molecule has 1 aromatic rings. The Hall–Kier alpha value is -2.57. The summed E-state index contributed by atoms with van der Waals surface area (Å²) in [5.74, 6) is 0.327. The van der Waals surface area contributed by atoms with E-state index in [9.17, 15) is 14.4 Å². The summed E-state index contributed by atoms with van der Waals surface area (Å²) in [6.45, 7) is 2.00. The standard InChI is InChI=1S/C17H21N3O4/c1-24-14-4-2-13(3-5-14)18-15(22)17(6-7-17)16(23)20-10-8-19(12-21)9-11-20/h2-5,12H,6-11H2,1H3,(H,18,22). The van der Waals surface area contributed by atoms with Crippen LogP contribution in [0.15, 0.2) is 24.3 Å². The van der Waals surface area contributed by atoms with Crippen LogP contribution in [0.5, 0.6) is 5.75 Å². The first kappa shape index (κ1) is 16.3. The molecule has 7 nitrogen and oxygen atoms in total. The van der Waals surface area contributed by atoms with Crippen molar-refractivity contribution in [3.8, 4) is 5.75 Å². The predicted molar refractivity (Wildman–Crippen MR) is 87.5 cm³/mol. The Morgan fingerprint density at radius 3 is 2.25 bits per heavy atom. The molecule has 1 aliphatic heterocycles. The number of amides is 3. The summed E-state index contributed by atoms with van der Waals surface area (Å²) in [5.41, 5.74) is -0.297. The average Bonchev–Trinajstić information content (AvgIpc) is 3.44. The van der Waals surface area contributed by atoms with Crippen molar-refractivity contribution in [2.75, 3.05) is 38.6 Å². The number of rotatable bonds is 5. The highest BCUT2D eigenvalue weighted by Gasteiger charge is 2.58. The molecule has 0 atom stereocenters. The number of hydrogen-bond donors (Lipinski definition) is 1. The number of hydrogen-bond acceptors (Lipinski definition) is 4. The molecular formula is C17H21N3O4. The molecule has 7 heteroatoms. The van der Waals surface area contributed by atoms with E-state index in [2.05, 4.69) is 5.32 Å². The number of nitrogens with zero attached hydrogens (tertiary/aromatic N) is 2. The monoisotopic (exact) mass is 331 g/mol. The Morgan fingerprint density at radius 2 is 1.75 bits per heavy atom. The Morgan fingerprint density at radius 1 is 1.12 bits per heavy atom. The van der Waals surface area contributed by atoms with Crippen molar-refractivity contribution in [1.29, 1.82) is 0 Å². The molecule has 1 saturated heterocycles. The summed E-state index contributed by atoms with van der Waals surface area (Å²) in [5, 5.41) is 2.83. The van der Waals surface area contributed by atoms with Crippen LogP contribution in [0.1, 0.15) is 12.8 Å². The summed E-state index contributed by atoms with van der Waals surface area (Å²) in [7, 11) is 1.58. The molecule has 24 heavy (non-hydrogen) atoms. The van der Waals surface area contributed by atoms with Gasteiger partial charge in [0, 0.05) is 31.9 Å². The lowest BCUT2D eigenvalue weighted by atomic mass is 10.0. The van der Waals surface area contributed by atoms with Gasteiger partial charge in [-0.25, -0.2) is 0 Å². The van der Waals surface area contributed by atoms with E-state index in [-0.39, 0.29) is 11.8 Å². The lowest BCUT2D eigenvalue weighted by molar-refractivity contribution is -0.144. The summed E-state index contributed by atoms with van der Waals surface area (Å²) in [6.07, 6.45) is 1.94. The van der Waals surface area contributed by atoms with Crippen LogP contribution in [0.25, 0.3) is 0 Å². The molecule has 0 aromatic heterocycles. The Labute approximate surface area is 140 Å². The first-order chi connectivity index (χ1) is 11.6. The molecule has 0 unspecified atom stereocenters. The molecule has 2 aliphatic rings. The van der Waals surface area contributed by atoms with Gasteiger partial charge in [-0.15, -0.1) is 0 Å². The molecule has 0 radical (unpaired) electrons. The van der Waals surface area contributed by atoms with Gasteiger partial charge in [-0.1, -0.05) is 0 Å². The van der Waals surface area contributed by atoms with Gasteiger partial charge >= 0.3 is 0 Å². The second-order valence-electron chi connectivity index (χ2n) is 6.20. The topological polar surface area (TPSA) is 79.0 Å². The van der Waals surface area contributed by atoms with Crippen molar-refractivity contribution in [3.63, 3.8) is 0 Å². The van der Waals surface area contributed by atoms with E-state index in [0.717, 1.165) is 6.41 Å². The molecule has 1 heterocycles. The third-order valence-electron chi connectivity index (χ3n) is 4.69. The van der Waals surface area contributed by atoms with Gasteiger partial charge in [-0.05, 0) is 37.1 Å². The minimum atomic E-state index is -0.941. The molecule has 1 aliphatic carbocycles. The zero-order chi connectivity index (χ0) is 17.2. The minimum Gasteiger partial charge on any atom is -0.497 e. The Bertz CT molecular complexity index is 632. The summed E-state index contributed by atoms with van der Waals surface area (Å²) >= 11 is 0. The summed E-state index contributed by atoms with van der Waals surface area (Å²) in [4.78, 5) is 39.4. The molecule has 1 saturated carbocycles. The summed E-state index contributed by atoms with van der Waals surface area (Å²) in [6, 6.07) is 7.02. The van der Waals surface area contributed by atoms with Crippen molar-refractivity contribution < 1.29 is 19.1 Å². The molecule has 2 fully saturated rings. The van der Waals surface area contributed by atoms with Crippen LogP contribution < -0.4 is 10.1 Å². The van der Waals surface area contributed by atoms with E-state index >= 15 is 0 Å². The van der Waals surface area contributed by atoms with Crippen LogP contribution >= 0.6 is 0 Å². The summed E-state index contributed by atoms with van der Waals surface area (Å²) < 4.78 is 5.09. The van der Waals surface area contributed by atoms with Gasteiger partial charge in [-0.2, -0.15) is 0 Å². The van der Waals surface area contributed by atoms with Crippen LogP contribution in [0, 0.1) is 5.41 Å². The van der Waals surface area contributed by atoms with E-state index in [1.807, 2.05) is 0 Å². The quantitative estimate of drug-likeness (QED) is 0.637. The van der Waals surface area contributed by atoms with E-state index < -0.39 is 5.41 Å². The van der Waals surface area contributed by atoms with Crippen LogP contribution in [-0.4, -0.2) is 61.3 Å². The normalized spacial score (nSPS) is 18.7. The minimum absolute atomic E-state index is 0.126. The van der Waals surface area contributed by atoms with Crippen molar-refractivity contribution in [1.82, 2.24) is 9.80 Å². The number of ether oxygens (including phenoxy) is 1. The number of carbonyl (C=O) groups excluding carboxylic acids is 3. The molecule has 0 bridgehead atoms. The van der Waals surface area contributed by atoms with Crippen molar-refractivity contribution >= 4 is 23.9 Å². The fraction of sp³-hybridized carbons (Fsp3) is 0.471. The number of carbonyl (C=O) groups is 3. The zero-order valence-corrected chi connectivity index (χ0v) is 13.7. The molecule has 1 aromatic carbocycles. The fourth-order valence-corrected chi connectivity index (χ4v) is 2.92. The Kier molecular flexibility index (Phi) is 4.42. The van der Waals surface area contributed by atoms with Crippen LogP contribution in [0.2, 0.25) is 0 Å². The molecule has 128 valence electrons. The van der Waals surface area contributed by atoms with Crippen LogP contribution in [-0.2, 0) is 14.4 Å². The molecule has 3 amide bonds. The van der Waals surface area contributed by atoms with Gasteiger partial charge in [0.2, 0.25) is 18.2 Å². The zero-order valence-electron chi connectivity index (χ0n) is 13.7. The number of nitrogens with one attached hydrogen (secondary N) is 1. The van der Waals surface area contributed by atoms with Crippen molar-refractivity contribution in [3.05, 3.63) is 24.3 Å². The smallest absolute Gasteiger partial charge is 0.240 e. The Balaban J connectivity index is 1.63. The molecule has 1 N–H and O–H groups in total. The second kappa shape index (κ2) is 6.51. The third-order valence-corrected chi connectivity index (χ3v) is 4.69. The number of benzene rings is 1. The van der Waals surface area contributed by atoms with Crippen LogP contribution in [0.3, 0.4) is 0 Å². The maximum Gasteiger partial charge on any atom is 0.240 e. The van der Waals surface area contributed by atoms with E-state index in [1.54, 1.807) is 41.2 Å². The van der Waals surface area contributed by atoms with Gasteiger partial charge in [0.05, 0.1) is 7.11 Å². The molecule has 0 spiro atoms. The van der Waals surface area contributed by atoms with Crippen molar-refractivity contribution in [2.45, 2.75) is 12.8 Å². The average molecular weight is 331 g/mol. The van der Waals surface area contributed by atoms with E-state index in [4.69, 9.17) is 4.74 Å². The van der Waals surface area contributed by atoms with Gasteiger partial charge in [0.25, 0.3) is 0 Å². The highest BCUT2D eigenvalue weighted by Crippen LogP contribution is 2.48. The largest absolute Gasteiger partial charge is 0.497 e. The van der Waals surface area contributed by atoms with E-state index in [0.29, 0.717) is 50.5 Å². The number of methoxy groups -OCH3 is 1. The highest BCUT2D eigenvalue weighted by atomic mass is 16.5. The molecular weight excluding hydrogens is 310 g/mol. The highest BCUT2D eigenvalue weighted by molar-refractivity contribution is 6.13. The first-order valence-electron chi connectivity index (χ1n) is 8.03. The predicted octanol–water partition coefficient (Wildman–Crippen LogP) is 0.714. The second-order valence-corrected chi connectivity index (χ2v) is 6.20. The first-order valence-corrected chi connectivity index (χ1v) is 8.03. The fourth-order valence-electron chi connectivity index (χ4n) is 2.92. The lowest BCUT2D eigenvalue weighted by Gasteiger charge is -2.34. The van der Waals surface area contributed by atoms with Gasteiger partial charge < -0.3 is 19.9 Å². The van der Waals surface area contributed by atoms with Crippen molar-refractivity contribution in [2.24, 2.45) is 5.41 Å². The number of piperazine rings is 1. The SMILES string of the molecule is COc1ccc(NC(=O)C2(C(=O)N3CCN(C=O)CC3)CC2)cc1. The molecule has 3 rings (SSSR count). The van der Waals surface area contributed by atoms with E-state index in [1.165, 1.54) is 0 Å².